The Balaban J connectivity index is 5.09. The fraction of sp³-hybridized carbons (Fsp3) is 0.929. The molecule has 2 nitrogen and oxygen atoms in total. The molecule has 0 radical (unpaired) electrons. The van der Waals surface area contributed by atoms with E-state index in [4.69, 9.17) is 0 Å². The topological polar surface area (TPSA) is 34.1 Å². The van der Waals surface area contributed by atoms with Crippen LogP contribution in [0.5, 0.6) is 0 Å². The lowest BCUT2D eigenvalue weighted by Gasteiger charge is -2.30. The molecule has 0 saturated carbocycles. The van der Waals surface area contributed by atoms with Crippen LogP contribution in [0.1, 0.15) is 143 Å². The molecule has 0 aromatic heterocycles. The second-order valence-electron chi connectivity index (χ2n) is 10.7. The van der Waals surface area contributed by atoms with Gasteiger partial charge in [-0.05, 0) is 12.8 Å². The smallest absolute Gasteiger partial charge is 0.299 e. The van der Waals surface area contributed by atoms with Gasteiger partial charge in [-0.1, -0.05) is 124 Å². The van der Waals surface area contributed by atoms with Gasteiger partial charge in [0, 0.05) is 5.41 Å². The second kappa shape index (κ2) is 17.4. The van der Waals surface area contributed by atoms with Gasteiger partial charge in [0.25, 0.3) is 0 Å². The van der Waals surface area contributed by atoms with Crippen molar-refractivity contribution in [3.8, 4) is 0 Å². The first-order valence-corrected chi connectivity index (χ1v) is 14.1. The number of carbonyl (C=O) groups is 2. The molecule has 0 aliphatic rings. The van der Waals surface area contributed by atoms with Crippen molar-refractivity contribution in [2.45, 2.75) is 161 Å². The van der Waals surface area contributed by atoms with Gasteiger partial charge in [-0.15, -0.1) is 0 Å². The molecule has 0 saturated heterocycles. The van der Waals surface area contributed by atoms with Gasteiger partial charge < -0.3 is 0 Å². The molecule has 0 aliphatic carbocycles. The predicted molar refractivity (Wildman–Crippen MR) is 133 cm³/mol. The van der Waals surface area contributed by atoms with E-state index in [-0.39, 0.29) is 12.8 Å². The summed E-state index contributed by atoms with van der Waals surface area (Å²) >= 11 is 0. The third-order valence-corrected chi connectivity index (χ3v) is 7.26. The van der Waals surface area contributed by atoms with E-state index in [1.807, 2.05) is 0 Å². The Labute approximate surface area is 218 Å². The Bertz CT molecular complexity index is 625. The number of rotatable bonds is 23. The van der Waals surface area contributed by atoms with E-state index in [9.17, 15) is 40.3 Å². The summed E-state index contributed by atoms with van der Waals surface area (Å²) in [5.74, 6) is -16.2. The molecule has 0 aromatic carbocycles. The maximum atomic E-state index is 13.8. The summed E-state index contributed by atoms with van der Waals surface area (Å²) in [6, 6.07) is 0. The van der Waals surface area contributed by atoms with Crippen molar-refractivity contribution in [2.24, 2.45) is 5.41 Å². The van der Waals surface area contributed by atoms with Crippen molar-refractivity contribution in [3.05, 3.63) is 0 Å². The van der Waals surface area contributed by atoms with Crippen molar-refractivity contribution >= 4 is 11.6 Å². The summed E-state index contributed by atoms with van der Waals surface area (Å²) in [6.07, 6.45) is 8.09. The minimum atomic E-state index is -6.60. The summed E-state index contributed by atoms with van der Waals surface area (Å²) in [5, 5.41) is 0. The van der Waals surface area contributed by atoms with Crippen LogP contribution in [0.2, 0.25) is 0 Å². The molecule has 0 rings (SSSR count). The highest BCUT2D eigenvalue weighted by Crippen LogP contribution is 2.47. The Morgan fingerprint density at radius 2 is 0.838 bits per heavy atom. The highest BCUT2D eigenvalue weighted by atomic mass is 19.4. The Morgan fingerprint density at radius 3 is 1.16 bits per heavy atom. The van der Waals surface area contributed by atoms with Crippen LogP contribution in [-0.4, -0.2) is 29.6 Å². The van der Waals surface area contributed by atoms with Crippen LogP contribution in [0.15, 0.2) is 0 Å². The molecule has 0 N–H and O–H groups in total. The van der Waals surface area contributed by atoms with Gasteiger partial charge in [0.2, 0.25) is 5.78 Å². The van der Waals surface area contributed by atoms with Crippen LogP contribution < -0.4 is 0 Å². The van der Waals surface area contributed by atoms with E-state index in [1.165, 1.54) is 6.92 Å². The molecule has 0 unspecified atom stereocenters. The summed E-state index contributed by atoms with van der Waals surface area (Å²) in [6.45, 7) is 5.76. The van der Waals surface area contributed by atoms with Crippen LogP contribution in [0.3, 0.4) is 0 Å². The molecule has 220 valence electrons. The van der Waals surface area contributed by atoms with E-state index in [0.717, 1.165) is 89.9 Å². The zero-order valence-electron chi connectivity index (χ0n) is 22.9. The average Bonchev–Trinajstić information content (AvgIpc) is 2.81. The highest BCUT2D eigenvalue weighted by Gasteiger charge is 2.75. The lowest BCUT2D eigenvalue weighted by Crippen LogP contribution is -2.56. The zero-order valence-corrected chi connectivity index (χ0v) is 22.9. The van der Waals surface area contributed by atoms with Crippen molar-refractivity contribution < 1.29 is 40.3 Å². The molecule has 37 heavy (non-hydrogen) atoms. The number of carbonyl (C=O) groups excluding carboxylic acids is 2. The fourth-order valence-corrected chi connectivity index (χ4v) is 4.53. The summed E-state index contributed by atoms with van der Waals surface area (Å²) < 4.78 is 91.6. The SMILES string of the molecule is CCCCCCCCCCC(C)(CCCCCCCCCC)C(=O)CC(=O)C(F)(F)C(F)(F)C(F)(F)F. The number of halogens is 7. The molecule has 0 spiro atoms. The Hall–Kier alpha value is -1.15. The fourth-order valence-electron chi connectivity index (χ4n) is 4.53. The van der Waals surface area contributed by atoms with E-state index < -0.39 is 41.4 Å². The number of hydrogen-bond acceptors (Lipinski definition) is 2. The van der Waals surface area contributed by atoms with Gasteiger partial charge in [-0.3, -0.25) is 9.59 Å². The van der Waals surface area contributed by atoms with Gasteiger partial charge in [-0.2, -0.15) is 30.7 Å². The molecule has 0 fully saturated rings. The summed E-state index contributed by atoms with van der Waals surface area (Å²) in [4.78, 5) is 24.8. The van der Waals surface area contributed by atoms with Crippen LogP contribution in [0, 0.1) is 5.41 Å². The van der Waals surface area contributed by atoms with E-state index in [2.05, 4.69) is 13.8 Å². The Kier molecular flexibility index (Phi) is 16.9. The molecular weight excluding hydrogens is 501 g/mol. The summed E-state index contributed by atoms with van der Waals surface area (Å²) in [5.41, 5.74) is -1.22. The second-order valence-corrected chi connectivity index (χ2v) is 10.7. The number of ketones is 2. The molecule has 0 atom stereocenters. The molecule has 0 amide bonds. The van der Waals surface area contributed by atoms with E-state index >= 15 is 0 Å². The van der Waals surface area contributed by atoms with Gasteiger partial charge >= 0.3 is 18.0 Å². The minimum absolute atomic E-state index is 0.284. The minimum Gasteiger partial charge on any atom is -0.299 e. The number of Topliss-reactive ketones (excluding diaryl/α,β-unsaturated/α-hetero) is 2. The number of hydrogen-bond donors (Lipinski definition) is 0. The summed E-state index contributed by atoms with van der Waals surface area (Å²) in [7, 11) is 0. The van der Waals surface area contributed by atoms with Crippen molar-refractivity contribution in [1.29, 1.82) is 0 Å². The first-order chi connectivity index (χ1) is 17.2. The van der Waals surface area contributed by atoms with Crippen LogP contribution in [-0.2, 0) is 9.59 Å². The molecule has 9 heteroatoms. The lowest BCUT2D eigenvalue weighted by molar-refractivity contribution is -0.343. The maximum absolute atomic E-state index is 13.8. The molecule has 0 aromatic rings. The van der Waals surface area contributed by atoms with Crippen molar-refractivity contribution in [2.75, 3.05) is 0 Å². The van der Waals surface area contributed by atoms with Gasteiger partial charge in [-0.25, -0.2) is 0 Å². The first-order valence-electron chi connectivity index (χ1n) is 14.1. The standard InChI is InChI=1S/C28H47F7O2/c1-4-6-8-10-12-14-16-18-20-25(3,21-19-17-15-13-11-9-7-5-2)23(36)22-24(37)26(29,30)27(31,32)28(33,34)35/h4-22H2,1-3H3. The van der Waals surface area contributed by atoms with Crippen molar-refractivity contribution in [3.63, 3.8) is 0 Å². The van der Waals surface area contributed by atoms with Crippen LogP contribution in [0.4, 0.5) is 30.7 Å². The predicted octanol–water partition coefficient (Wildman–Crippen LogP) is 10.4. The quantitative estimate of drug-likeness (QED) is 0.0723. The normalized spacial score (nSPS) is 13.2. The Morgan fingerprint density at radius 1 is 0.514 bits per heavy atom. The molecular formula is C28H47F7O2. The first kappa shape index (κ1) is 35.9. The number of alkyl halides is 7. The molecule has 0 heterocycles. The van der Waals surface area contributed by atoms with Gasteiger partial charge in [0.05, 0.1) is 6.42 Å². The molecule has 0 bridgehead atoms. The molecule has 0 aliphatic heterocycles. The largest absolute Gasteiger partial charge is 0.460 e. The highest BCUT2D eigenvalue weighted by molar-refractivity contribution is 6.04. The van der Waals surface area contributed by atoms with Gasteiger partial charge in [0.15, 0.2) is 0 Å². The van der Waals surface area contributed by atoms with E-state index in [0.29, 0.717) is 12.8 Å². The van der Waals surface area contributed by atoms with Crippen molar-refractivity contribution in [1.82, 2.24) is 0 Å². The third-order valence-electron chi connectivity index (χ3n) is 7.26. The van der Waals surface area contributed by atoms with Crippen LogP contribution >= 0.6 is 0 Å². The zero-order chi connectivity index (χ0) is 28.6. The monoisotopic (exact) mass is 548 g/mol. The van der Waals surface area contributed by atoms with E-state index in [1.54, 1.807) is 0 Å². The lowest BCUT2D eigenvalue weighted by atomic mass is 9.74. The third kappa shape index (κ3) is 12.5. The number of unbranched alkanes of at least 4 members (excludes halogenated alkanes) is 14. The van der Waals surface area contributed by atoms with Gasteiger partial charge in [0.1, 0.15) is 5.78 Å². The maximum Gasteiger partial charge on any atom is 0.460 e. The van der Waals surface area contributed by atoms with Crippen LogP contribution in [0.25, 0.3) is 0 Å². The average molecular weight is 549 g/mol.